The summed E-state index contributed by atoms with van der Waals surface area (Å²) in [7, 11) is 0. The summed E-state index contributed by atoms with van der Waals surface area (Å²) in [4.78, 5) is 25.4. The van der Waals surface area contributed by atoms with Crippen molar-refractivity contribution in [2.24, 2.45) is 0 Å². The first-order valence-corrected chi connectivity index (χ1v) is 8.38. The predicted octanol–water partition coefficient (Wildman–Crippen LogP) is 3.76. The van der Waals surface area contributed by atoms with Crippen LogP contribution < -0.4 is 4.74 Å². The average Bonchev–Trinajstić information content (AvgIpc) is 2.55. The molecule has 1 heterocycles. The van der Waals surface area contributed by atoms with E-state index >= 15 is 0 Å². The molecule has 0 radical (unpaired) electrons. The molecule has 0 bridgehead atoms. The van der Waals surface area contributed by atoms with Gasteiger partial charge in [0.1, 0.15) is 5.75 Å². The number of halogens is 2. The van der Waals surface area contributed by atoms with E-state index in [0.29, 0.717) is 29.7 Å². The SMILES string of the molecule is Cc1cc(C(=O)N2CCCCC2CCC(=O)O)cc(C)c1OC(F)F. The average molecular weight is 355 g/mol. The van der Waals surface area contributed by atoms with E-state index in [0.717, 1.165) is 19.3 Å². The van der Waals surface area contributed by atoms with Crippen molar-refractivity contribution in [2.45, 2.75) is 58.6 Å². The third-order valence-electron chi connectivity index (χ3n) is 4.49. The van der Waals surface area contributed by atoms with Crippen LogP contribution in [0.2, 0.25) is 0 Å². The molecule has 138 valence electrons. The fourth-order valence-electron chi connectivity index (χ4n) is 3.37. The Bertz CT molecular complexity index is 625. The molecular weight excluding hydrogens is 332 g/mol. The number of hydrogen-bond acceptors (Lipinski definition) is 3. The highest BCUT2D eigenvalue weighted by molar-refractivity contribution is 5.95. The molecule has 1 amide bonds. The normalized spacial score (nSPS) is 17.6. The lowest BCUT2D eigenvalue weighted by atomic mass is 9.96. The minimum absolute atomic E-state index is 0.0215. The maximum atomic E-state index is 12.9. The predicted molar refractivity (Wildman–Crippen MR) is 88.1 cm³/mol. The van der Waals surface area contributed by atoms with Crippen molar-refractivity contribution in [3.05, 3.63) is 28.8 Å². The fourth-order valence-corrected chi connectivity index (χ4v) is 3.37. The van der Waals surface area contributed by atoms with Crippen LogP contribution in [0, 0.1) is 13.8 Å². The van der Waals surface area contributed by atoms with Crippen molar-refractivity contribution in [3.8, 4) is 5.75 Å². The summed E-state index contributed by atoms with van der Waals surface area (Å²) in [6, 6.07) is 3.00. The lowest BCUT2D eigenvalue weighted by Crippen LogP contribution is -2.44. The van der Waals surface area contributed by atoms with Gasteiger partial charge in [0.05, 0.1) is 0 Å². The van der Waals surface area contributed by atoms with Crippen molar-refractivity contribution in [2.75, 3.05) is 6.54 Å². The first-order chi connectivity index (χ1) is 11.8. The van der Waals surface area contributed by atoms with Crippen molar-refractivity contribution in [1.29, 1.82) is 0 Å². The number of alkyl halides is 2. The van der Waals surface area contributed by atoms with E-state index in [-0.39, 0.29) is 24.1 Å². The number of benzene rings is 1. The molecule has 0 aromatic heterocycles. The highest BCUT2D eigenvalue weighted by Crippen LogP contribution is 2.29. The summed E-state index contributed by atoms with van der Waals surface area (Å²) in [5.74, 6) is -0.976. The molecule has 1 N–H and O–H groups in total. The molecule has 5 nitrogen and oxygen atoms in total. The number of rotatable bonds is 6. The summed E-state index contributed by atoms with van der Waals surface area (Å²) >= 11 is 0. The molecular formula is C18H23F2NO4. The van der Waals surface area contributed by atoms with Crippen LogP contribution in [0.3, 0.4) is 0 Å². The largest absolute Gasteiger partial charge is 0.481 e. The monoisotopic (exact) mass is 355 g/mol. The molecule has 1 aromatic carbocycles. The zero-order valence-corrected chi connectivity index (χ0v) is 14.4. The molecule has 1 aromatic rings. The quantitative estimate of drug-likeness (QED) is 0.844. The number of aliphatic carboxylic acids is 1. The fraction of sp³-hybridized carbons (Fsp3) is 0.556. The second kappa shape index (κ2) is 8.27. The number of carboxylic acid groups (broad SMARTS) is 1. The van der Waals surface area contributed by atoms with Crippen LogP contribution in [0.4, 0.5) is 8.78 Å². The highest BCUT2D eigenvalue weighted by Gasteiger charge is 2.28. The van der Waals surface area contributed by atoms with Crippen molar-refractivity contribution < 1.29 is 28.2 Å². The summed E-state index contributed by atoms with van der Waals surface area (Å²) < 4.78 is 29.5. The van der Waals surface area contributed by atoms with Crippen LogP contribution in [-0.4, -0.2) is 41.1 Å². The Hall–Kier alpha value is -2.18. The van der Waals surface area contributed by atoms with E-state index < -0.39 is 12.6 Å². The van der Waals surface area contributed by atoms with Gasteiger partial charge in [0.2, 0.25) is 0 Å². The first-order valence-electron chi connectivity index (χ1n) is 8.38. The van der Waals surface area contributed by atoms with Gasteiger partial charge in [-0.05, 0) is 62.8 Å². The summed E-state index contributed by atoms with van der Waals surface area (Å²) in [6.07, 6.45) is 3.07. The molecule has 1 aliphatic heterocycles. The number of likely N-dealkylation sites (tertiary alicyclic amines) is 1. The number of carboxylic acids is 1. The first kappa shape index (κ1) is 19.1. The van der Waals surface area contributed by atoms with Gasteiger partial charge in [0.25, 0.3) is 5.91 Å². The van der Waals surface area contributed by atoms with Crippen LogP contribution in [0.5, 0.6) is 5.75 Å². The zero-order valence-electron chi connectivity index (χ0n) is 14.4. The highest BCUT2D eigenvalue weighted by atomic mass is 19.3. The van der Waals surface area contributed by atoms with Gasteiger partial charge < -0.3 is 14.7 Å². The van der Waals surface area contributed by atoms with E-state index in [1.165, 1.54) is 0 Å². The molecule has 0 spiro atoms. The minimum atomic E-state index is -2.92. The number of piperidine rings is 1. The van der Waals surface area contributed by atoms with Crippen LogP contribution in [-0.2, 0) is 4.79 Å². The van der Waals surface area contributed by atoms with Gasteiger partial charge in [-0.3, -0.25) is 9.59 Å². The van der Waals surface area contributed by atoms with Gasteiger partial charge >= 0.3 is 12.6 Å². The van der Waals surface area contributed by atoms with Crippen molar-refractivity contribution in [3.63, 3.8) is 0 Å². The third-order valence-corrected chi connectivity index (χ3v) is 4.49. The molecule has 1 saturated heterocycles. The Kier molecular flexibility index (Phi) is 6.33. The minimum Gasteiger partial charge on any atom is -0.481 e. The molecule has 1 unspecified atom stereocenters. The number of carbonyl (C=O) groups is 2. The Morgan fingerprint density at radius 2 is 1.92 bits per heavy atom. The molecule has 1 atom stereocenters. The number of amides is 1. The second-order valence-corrected chi connectivity index (χ2v) is 6.40. The summed E-state index contributed by atoms with van der Waals surface area (Å²) in [6.45, 7) is 0.914. The smallest absolute Gasteiger partial charge is 0.387 e. The van der Waals surface area contributed by atoms with Gasteiger partial charge in [-0.15, -0.1) is 0 Å². The van der Waals surface area contributed by atoms with E-state index in [2.05, 4.69) is 4.74 Å². The Morgan fingerprint density at radius 3 is 2.48 bits per heavy atom. The topological polar surface area (TPSA) is 66.8 Å². The third kappa shape index (κ3) is 4.90. The van der Waals surface area contributed by atoms with Crippen molar-refractivity contribution in [1.82, 2.24) is 4.90 Å². The summed E-state index contributed by atoms with van der Waals surface area (Å²) in [5.41, 5.74) is 1.37. The molecule has 0 aliphatic carbocycles. The maximum absolute atomic E-state index is 12.9. The van der Waals surface area contributed by atoms with Gasteiger partial charge in [-0.25, -0.2) is 0 Å². The Morgan fingerprint density at radius 1 is 1.28 bits per heavy atom. The van der Waals surface area contributed by atoms with E-state index in [9.17, 15) is 18.4 Å². The molecule has 2 rings (SSSR count). The number of hydrogen-bond donors (Lipinski definition) is 1. The molecule has 0 saturated carbocycles. The summed E-state index contributed by atoms with van der Waals surface area (Å²) in [5, 5.41) is 8.88. The Balaban J connectivity index is 2.21. The number of ether oxygens (including phenoxy) is 1. The number of aryl methyl sites for hydroxylation is 2. The maximum Gasteiger partial charge on any atom is 0.387 e. The second-order valence-electron chi connectivity index (χ2n) is 6.40. The zero-order chi connectivity index (χ0) is 18.6. The van der Waals surface area contributed by atoms with Gasteiger partial charge in [-0.1, -0.05) is 0 Å². The van der Waals surface area contributed by atoms with E-state index in [1.807, 2.05) is 0 Å². The van der Waals surface area contributed by atoms with Gasteiger partial charge in [-0.2, -0.15) is 8.78 Å². The standard InChI is InChI=1S/C18H23F2NO4/c1-11-9-13(10-12(2)16(11)25-18(19)20)17(24)21-8-4-3-5-14(21)6-7-15(22)23/h9-10,14,18H,3-8H2,1-2H3,(H,22,23). The van der Waals surface area contributed by atoms with Crippen molar-refractivity contribution >= 4 is 11.9 Å². The lowest BCUT2D eigenvalue weighted by Gasteiger charge is -2.36. The molecule has 25 heavy (non-hydrogen) atoms. The van der Waals surface area contributed by atoms with Gasteiger partial charge in [0, 0.05) is 24.6 Å². The van der Waals surface area contributed by atoms with E-state index in [4.69, 9.17) is 5.11 Å². The Labute approximate surface area is 145 Å². The van der Waals surface area contributed by atoms with Gasteiger partial charge in [0.15, 0.2) is 0 Å². The van der Waals surface area contributed by atoms with Crippen LogP contribution >= 0.6 is 0 Å². The molecule has 7 heteroatoms. The molecule has 1 aliphatic rings. The number of carbonyl (C=O) groups excluding carboxylic acids is 1. The number of nitrogens with zero attached hydrogens (tertiary/aromatic N) is 1. The lowest BCUT2D eigenvalue weighted by molar-refractivity contribution is -0.137. The molecule has 1 fully saturated rings. The van der Waals surface area contributed by atoms with E-state index in [1.54, 1.807) is 30.9 Å². The van der Waals surface area contributed by atoms with Crippen LogP contribution in [0.15, 0.2) is 12.1 Å². The van der Waals surface area contributed by atoms with Crippen LogP contribution in [0.25, 0.3) is 0 Å². The van der Waals surface area contributed by atoms with Crippen LogP contribution in [0.1, 0.15) is 53.6 Å².